The molecule has 116 valence electrons. The van der Waals surface area contributed by atoms with E-state index in [9.17, 15) is 13.2 Å². The first-order chi connectivity index (χ1) is 10.5. The van der Waals surface area contributed by atoms with E-state index in [0.29, 0.717) is 5.75 Å². The summed E-state index contributed by atoms with van der Waals surface area (Å²) >= 11 is 0. The second kappa shape index (κ2) is 6.51. The predicted octanol–water partition coefficient (Wildman–Crippen LogP) is 4.32. The van der Waals surface area contributed by atoms with Crippen molar-refractivity contribution in [3.63, 3.8) is 0 Å². The van der Waals surface area contributed by atoms with Crippen LogP contribution in [0.15, 0.2) is 36.5 Å². The van der Waals surface area contributed by atoms with Gasteiger partial charge in [0.05, 0.1) is 18.4 Å². The Morgan fingerprint density at radius 1 is 1.18 bits per heavy atom. The lowest BCUT2D eigenvalue weighted by atomic mass is 10.1. The number of hydrogen-bond donors (Lipinski definition) is 1. The van der Waals surface area contributed by atoms with Gasteiger partial charge in [-0.15, -0.1) is 0 Å². The molecule has 0 unspecified atom stereocenters. The molecule has 0 fully saturated rings. The van der Waals surface area contributed by atoms with Crippen molar-refractivity contribution in [1.82, 2.24) is 4.98 Å². The molecule has 2 rings (SSSR count). The summed E-state index contributed by atoms with van der Waals surface area (Å²) in [6.45, 7) is 0. The third-order valence-electron chi connectivity index (χ3n) is 3.08. The van der Waals surface area contributed by atoms with Crippen LogP contribution in [0.25, 0.3) is 12.2 Å². The van der Waals surface area contributed by atoms with Crippen molar-refractivity contribution >= 4 is 17.8 Å². The topological polar surface area (TPSA) is 34.1 Å². The molecule has 1 aromatic heterocycles. The molecule has 1 N–H and O–H groups in total. The highest BCUT2D eigenvalue weighted by Gasteiger charge is 2.30. The van der Waals surface area contributed by atoms with Gasteiger partial charge in [-0.2, -0.15) is 13.2 Å². The molecule has 0 atom stereocenters. The van der Waals surface area contributed by atoms with Crippen LogP contribution >= 0.6 is 0 Å². The quantitative estimate of drug-likeness (QED) is 0.913. The van der Waals surface area contributed by atoms with E-state index in [4.69, 9.17) is 4.74 Å². The first kappa shape index (κ1) is 15.9. The number of halogens is 3. The highest BCUT2D eigenvalue weighted by Crippen LogP contribution is 2.30. The molecule has 0 amide bonds. The van der Waals surface area contributed by atoms with Crippen molar-refractivity contribution in [3.05, 3.63) is 53.3 Å². The predicted molar refractivity (Wildman–Crippen MR) is 80.7 cm³/mol. The maximum atomic E-state index is 12.7. The maximum absolute atomic E-state index is 12.7. The smallest absolute Gasteiger partial charge is 0.416 e. The van der Waals surface area contributed by atoms with Crippen LogP contribution in [-0.4, -0.2) is 19.1 Å². The molecule has 1 heterocycles. The largest absolute Gasteiger partial charge is 0.496 e. The first-order valence-electron chi connectivity index (χ1n) is 6.52. The number of aromatic nitrogens is 1. The molecule has 0 aliphatic carbocycles. The van der Waals surface area contributed by atoms with E-state index >= 15 is 0 Å². The monoisotopic (exact) mass is 308 g/mol. The Balaban J connectivity index is 2.37. The van der Waals surface area contributed by atoms with E-state index < -0.39 is 11.7 Å². The van der Waals surface area contributed by atoms with E-state index in [1.165, 1.54) is 13.2 Å². The summed E-state index contributed by atoms with van der Waals surface area (Å²) in [6, 6.07) is 7.40. The van der Waals surface area contributed by atoms with E-state index in [0.717, 1.165) is 29.6 Å². The number of rotatable bonds is 4. The molecule has 0 saturated carbocycles. The van der Waals surface area contributed by atoms with Crippen molar-refractivity contribution in [2.45, 2.75) is 6.18 Å². The number of hydrogen-bond acceptors (Lipinski definition) is 3. The Labute approximate surface area is 126 Å². The van der Waals surface area contributed by atoms with Gasteiger partial charge in [0.1, 0.15) is 5.75 Å². The summed E-state index contributed by atoms with van der Waals surface area (Å²) in [7, 11) is 3.29. The number of nitrogens with one attached hydrogen (secondary N) is 1. The van der Waals surface area contributed by atoms with Crippen LogP contribution in [0.4, 0.5) is 18.9 Å². The first-order valence-corrected chi connectivity index (χ1v) is 6.52. The molecule has 0 radical (unpaired) electrons. The van der Waals surface area contributed by atoms with Gasteiger partial charge >= 0.3 is 6.18 Å². The van der Waals surface area contributed by atoms with E-state index in [1.54, 1.807) is 19.2 Å². The minimum atomic E-state index is -4.38. The number of methoxy groups -OCH3 is 1. The van der Waals surface area contributed by atoms with E-state index in [2.05, 4.69) is 10.3 Å². The molecule has 1 aromatic carbocycles. The summed E-state index contributed by atoms with van der Waals surface area (Å²) in [5.74, 6) is 0.620. The lowest BCUT2D eigenvalue weighted by Crippen LogP contribution is -2.05. The highest BCUT2D eigenvalue weighted by atomic mass is 19.4. The van der Waals surface area contributed by atoms with Crippen molar-refractivity contribution in [1.29, 1.82) is 0 Å². The van der Waals surface area contributed by atoms with E-state index in [-0.39, 0.29) is 5.69 Å². The standard InChI is InChI=1S/C16H15F3N2O/c1-20-14-4-3-5-15(22-2)13(14)7-6-12-10-11(8-9-21-12)16(17,18)19/h3-10,20H,1-2H3/b7-6+. The third kappa shape index (κ3) is 3.58. The van der Waals surface area contributed by atoms with Crippen LogP contribution in [0.3, 0.4) is 0 Å². The lowest BCUT2D eigenvalue weighted by Gasteiger charge is -2.10. The normalized spacial score (nSPS) is 11.7. The van der Waals surface area contributed by atoms with Crippen LogP contribution in [0, 0.1) is 0 Å². The second-order valence-electron chi connectivity index (χ2n) is 4.47. The number of alkyl halides is 3. The maximum Gasteiger partial charge on any atom is 0.416 e. The summed E-state index contributed by atoms with van der Waals surface area (Å²) < 4.78 is 43.3. The van der Waals surface area contributed by atoms with Crippen molar-refractivity contribution in [2.75, 3.05) is 19.5 Å². The summed E-state index contributed by atoms with van der Waals surface area (Å²) in [5.41, 5.74) is 1.05. The molecule has 6 heteroatoms. The van der Waals surface area contributed by atoms with E-state index in [1.807, 2.05) is 12.1 Å². The minimum Gasteiger partial charge on any atom is -0.496 e. The SMILES string of the molecule is CNc1cccc(OC)c1/C=C/c1cc(C(F)(F)F)ccn1. The van der Waals surface area contributed by atoms with Gasteiger partial charge in [-0.3, -0.25) is 4.98 Å². The molecule has 0 saturated heterocycles. The van der Waals surface area contributed by atoms with Crippen molar-refractivity contribution in [2.24, 2.45) is 0 Å². The molecule has 3 nitrogen and oxygen atoms in total. The number of pyridine rings is 1. The average Bonchev–Trinajstić information content (AvgIpc) is 2.52. The van der Waals surface area contributed by atoms with Gasteiger partial charge < -0.3 is 10.1 Å². The molecular weight excluding hydrogens is 293 g/mol. The molecule has 0 bridgehead atoms. The van der Waals surface area contributed by atoms with Gasteiger partial charge in [0, 0.05) is 24.5 Å². The van der Waals surface area contributed by atoms with Crippen LogP contribution < -0.4 is 10.1 Å². The molecule has 2 aromatic rings. The second-order valence-corrected chi connectivity index (χ2v) is 4.47. The Kier molecular flexibility index (Phi) is 4.70. The Morgan fingerprint density at radius 2 is 1.95 bits per heavy atom. The Hall–Kier alpha value is -2.50. The average molecular weight is 308 g/mol. The fourth-order valence-corrected chi connectivity index (χ4v) is 2.00. The fourth-order valence-electron chi connectivity index (χ4n) is 2.00. The van der Waals surface area contributed by atoms with Crippen molar-refractivity contribution in [3.8, 4) is 5.75 Å². The number of anilines is 1. The zero-order chi connectivity index (χ0) is 16.2. The molecule has 0 spiro atoms. The molecule has 22 heavy (non-hydrogen) atoms. The molecular formula is C16H15F3N2O. The zero-order valence-corrected chi connectivity index (χ0v) is 12.1. The van der Waals surface area contributed by atoms with Crippen LogP contribution in [0.1, 0.15) is 16.8 Å². The minimum absolute atomic E-state index is 0.225. The molecule has 0 aliphatic rings. The number of ether oxygens (including phenoxy) is 1. The van der Waals surface area contributed by atoms with Gasteiger partial charge in [0.25, 0.3) is 0 Å². The summed E-state index contributed by atoms with van der Waals surface area (Å²) in [6.07, 6.45) is -0.0447. The highest BCUT2D eigenvalue weighted by molar-refractivity contribution is 5.79. The van der Waals surface area contributed by atoms with Crippen LogP contribution in [0.2, 0.25) is 0 Å². The fraction of sp³-hybridized carbons (Fsp3) is 0.188. The van der Waals surface area contributed by atoms with Gasteiger partial charge in [-0.25, -0.2) is 0 Å². The number of nitrogens with zero attached hydrogens (tertiary/aromatic N) is 1. The summed E-state index contributed by atoms with van der Waals surface area (Å²) in [5, 5.41) is 3.01. The van der Waals surface area contributed by atoms with Crippen molar-refractivity contribution < 1.29 is 17.9 Å². The van der Waals surface area contributed by atoms with Crippen LogP contribution in [0.5, 0.6) is 5.75 Å². The van der Waals surface area contributed by atoms with Gasteiger partial charge in [0.2, 0.25) is 0 Å². The Bertz CT molecular complexity index is 659. The number of benzene rings is 1. The van der Waals surface area contributed by atoms with Gasteiger partial charge in [0.15, 0.2) is 0 Å². The Morgan fingerprint density at radius 3 is 2.59 bits per heavy atom. The summed E-state index contributed by atoms with van der Waals surface area (Å²) in [4.78, 5) is 3.93. The lowest BCUT2D eigenvalue weighted by molar-refractivity contribution is -0.137. The molecule has 0 aliphatic heterocycles. The van der Waals surface area contributed by atoms with Crippen LogP contribution in [-0.2, 0) is 6.18 Å². The third-order valence-corrected chi connectivity index (χ3v) is 3.08. The van der Waals surface area contributed by atoms with Gasteiger partial charge in [-0.1, -0.05) is 6.07 Å². The van der Waals surface area contributed by atoms with Gasteiger partial charge in [-0.05, 0) is 36.4 Å². The zero-order valence-electron chi connectivity index (χ0n) is 12.1.